The summed E-state index contributed by atoms with van der Waals surface area (Å²) < 4.78 is 29.5. The lowest BCUT2D eigenvalue weighted by atomic mass is 10.1. The van der Waals surface area contributed by atoms with Crippen molar-refractivity contribution >= 4 is 23.3 Å². The number of fused-ring (bicyclic) bond motifs is 1. The molecule has 1 saturated carbocycles. The van der Waals surface area contributed by atoms with Gasteiger partial charge in [-0.2, -0.15) is 0 Å². The molecule has 0 spiro atoms. The van der Waals surface area contributed by atoms with Crippen molar-refractivity contribution in [3.63, 3.8) is 0 Å². The van der Waals surface area contributed by atoms with E-state index in [-0.39, 0.29) is 27.4 Å². The smallest absolute Gasteiger partial charge is 0.264 e. The number of nitrogens with one attached hydrogen (secondary N) is 1. The highest BCUT2D eigenvalue weighted by Gasteiger charge is 2.24. The molecule has 0 radical (unpaired) electrons. The van der Waals surface area contributed by atoms with Crippen molar-refractivity contribution in [2.75, 3.05) is 0 Å². The summed E-state index contributed by atoms with van der Waals surface area (Å²) in [5.41, 5.74) is 0.474. The topological polar surface area (TPSA) is 50.7 Å². The van der Waals surface area contributed by atoms with Crippen molar-refractivity contribution in [2.45, 2.75) is 38.2 Å². The van der Waals surface area contributed by atoms with Gasteiger partial charge in [0.05, 0.1) is 11.1 Å². The Bertz CT molecular complexity index is 1070. The Balaban J connectivity index is 2.10. The zero-order chi connectivity index (χ0) is 18.3. The molecule has 0 unspecified atom stereocenters. The molecule has 0 saturated heterocycles. The molecule has 0 aliphatic heterocycles. The number of H-pyrrole nitrogens is 1. The molecule has 1 fully saturated rings. The number of halogens is 2. The Labute approximate surface area is 153 Å². The summed E-state index contributed by atoms with van der Waals surface area (Å²) >= 11 is 5.35. The third-order valence-electron chi connectivity index (χ3n) is 4.92. The molecule has 0 bridgehead atoms. The van der Waals surface area contributed by atoms with Gasteiger partial charge in [-0.25, -0.2) is 13.8 Å². The average molecular weight is 373 g/mol. The second kappa shape index (κ2) is 6.72. The number of nitrogens with zero attached hydrogens (tertiary/aromatic N) is 2. The van der Waals surface area contributed by atoms with Crippen LogP contribution in [0.1, 0.15) is 43.7 Å². The maximum absolute atomic E-state index is 13.8. The monoisotopic (exact) mass is 373 g/mol. The van der Waals surface area contributed by atoms with E-state index in [1.807, 2.05) is 30.3 Å². The molecule has 1 aromatic carbocycles. The number of benzene rings is 1. The SMILES string of the molecule is O=c1[nH]c(=S)n(C2CCCC2)c2nc(-c3ccccc3)cc(C(F)F)c12. The molecule has 26 heavy (non-hydrogen) atoms. The second-order valence-electron chi connectivity index (χ2n) is 6.53. The van der Waals surface area contributed by atoms with E-state index in [0.29, 0.717) is 5.69 Å². The van der Waals surface area contributed by atoms with Crippen LogP contribution < -0.4 is 5.56 Å². The van der Waals surface area contributed by atoms with E-state index in [0.717, 1.165) is 31.2 Å². The van der Waals surface area contributed by atoms with Crippen molar-refractivity contribution in [1.82, 2.24) is 14.5 Å². The van der Waals surface area contributed by atoms with E-state index in [1.54, 1.807) is 4.57 Å². The predicted octanol–water partition coefficient (Wildman–Crippen LogP) is 5.17. The van der Waals surface area contributed by atoms with Gasteiger partial charge >= 0.3 is 0 Å². The van der Waals surface area contributed by atoms with Crippen molar-refractivity contribution in [3.05, 3.63) is 57.1 Å². The Morgan fingerprint density at radius 2 is 1.88 bits per heavy atom. The van der Waals surface area contributed by atoms with Crippen LogP contribution in [0.15, 0.2) is 41.2 Å². The van der Waals surface area contributed by atoms with Crippen molar-refractivity contribution in [3.8, 4) is 11.3 Å². The van der Waals surface area contributed by atoms with Crippen LogP contribution in [0.2, 0.25) is 0 Å². The highest BCUT2D eigenvalue weighted by atomic mass is 32.1. The first-order chi connectivity index (χ1) is 12.6. The molecule has 2 heterocycles. The molecule has 0 amide bonds. The summed E-state index contributed by atoms with van der Waals surface area (Å²) in [6.07, 6.45) is 1.12. The van der Waals surface area contributed by atoms with E-state index in [1.165, 1.54) is 6.07 Å². The number of alkyl halides is 2. The van der Waals surface area contributed by atoms with Crippen molar-refractivity contribution in [1.29, 1.82) is 0 Å². The number of aromatic amines is 1. The van der Waals surface area contributed by atoms with Crippen LogP contribution in [0.5, 0.6) is 0 Å². The zero-order valence-electron chi connectivity index (χ0n) is 13.9. The van der Waals surface area contributed by atoms with Gasteiger partial charge in [-0.3, -0.25) is 14.3 Å². The Morgan fingerprint density at radius 3 is 2.54 bits per heavy atom. The summed E-state index contributed by atoms with van der Waals surface area (Å²) in [5, 5.41) is -0.0693. The van der Waals surface area contributed by atoms with E-state index >= 15 is 0 Å². The second-order valence-corrected chi connectivity index (χ2v) is 6.92. The highest BCUT2D eigenvalue weighted by molar-refractivity contribution is 7.71. The summed E-state index contributed by atoms with van der Waals surface area (Å²) in [5.74, 6) is 0. The first kappa shape index (κ1) is 17.0. The van der Waals surface area contributed by atoms with E-state index in [2.05, 4.69) is 9.97 Å². The lowest BCUT2D eigenvalue weighted by Gasteiger charge is -2.19. The lowest BCUT2D eigenvalue weighted by molar-refractivity contribution is 0.153. The summed E-state index contributed by atoms with van der Waals surface area (Å²) in [4.78, 5) is 19.6. The van der Waals surface area contributed by atoms with Crippen LogP contribution in [0.25, 0.3) is 22.3 Å². The molecule has 1 N–H and O–H groups in total. The largest absolute Gasteiger partial charge is 0.299 e. The molecule has 3 aromatic rings. The van der Waals surface area contributed by atoms with Gasteiger partial charge < -0.3 is 0 Å². The Hall–Kier alpha value is -2.41. The first-order valence-electron chi connectivity index (χ1n) is 8.59. The normalized spacial score (nSPS) is 15.2. The molecule has 2 aromatic heterocycles. The van der Waals surface area contributed by atoms with Crippen molar-refractivity contribution < 1.29 is 8.78 Å². The van der Waals surface area contributed by atoms with Gasteiger partial charge in [-0.1, -0.05) is 43.2 Å². The van der Waals surface area contributed by atoms with Gasteiger partial charge in [0.1, 0.15) is 5.65 Å². The molecule has 134 valence electrons. The summed E-state index contributed by atoms with van der Waals surface area (Å²) in [7, 11) is 0. The lowest BCUT2D eigenvalue weighted by Crippen LogP contribution is -2.20. The van der Waals surface area contributed by atoms with Gasteiger partial charge in [-0.05, 0) is 31.1 Å². The number of hydrogen-bond donors (Lipinski definition) is 1. The zero-order valence-corrected chi connectivity index (χ0v) is 14.7. The van der Waals surface area contributed by atoms with Gasteiger partial charge in [0, 0.05) is 17.2 Å². The molecular formula is C19H17F2N3OS. The molecule has 4 nitrogen and oxygen atoms in total. The minimum absolute atomic E-state index is 0.0693. The van der Waals surface area contributed by atoms with E-state index < -0.39 is 12.0 Å². The quantitative estimate of drug-likeness (QED) is 0.644. The molecular weight excluding hydrogens is 356 g/mol. The van der Waals surface area contributed by atoms with Crippen LogP contribution in [-0.4, -0.2) is 14.5 Å². The molecule has 1 aliphatic carbocycles. The summed E-state index contributed by atoms with van der Waals surface area (Å²) in [6, 6.07) is 10.5. The maximum atomic E-state index is 13.8. The standard InChI is InChI=1S/C19H17F2N3OS/c20-16(21)13-10-14(11-6-2-1-3-7-11)22-17-15(13)18(25)23-19(26)24(17)12-8-4-5-9-12/h1-3,6-7,10,12,16H,4-5,8-9H2,(H,23,25,26). The molecule has 0 atom stereocenters. The number of pyridine rings is 1. The van der Waals surface area contributed by atoms with Gasteiger partial charge in [0.15, 0.2) is 4.77 Å². The fourth-order valence-electron chi connectivity index (χ4n) is 3.70. The van der Waals surface area contributed by atoms with Crippen LogP contribution in [0.4, 0.5) is 8.78 Å². The van der Waals surface area contributed by atoms with Crippen LogP contribution in [0, 0.1) is 4.77 Å². The fraction of sp³-hybridized carbons (Fsp3) is 0.316. The fourth-order valence-corrected chi connectivity index (χ4v) is 4.03. The van der Waals surface area contributed by atoms with Crippen LogP contribution in [-0.2, 0) is 0 Å². The summed E-state index contributed by atoms with van der Waals surface area (Å²) in [6.45, 7) is 0. The highest BCUT2D eigenvalue weighted by Crippen LogP contribution is 2.34. The predicted molar refractivity (Wildman–Crippen MR) is 99.1 cm³/mol. The van der Waals surface area contributed by atoms with E-state index in [4.69, 9.17) is 12.2 Å². The maximum Gasteiger partial charge on any atom is 0.264 e. The third kappa shape index (κ3) is 2.86. The van der Waals surface area contributed by atoms with Gasteiger partial charge in [-0.15, -0.1) is 0 Å². The van der Waals surface area contributed by atoms with E-state index in [9.17, 15) is 13.6 Å². The Morgan fingerprint density at radius 1 is 1.19 bits per heavy atom. The van der Waals surface area contributed by atoms with Crippen LogP contribution in [0.3, 0.4) is 0 Å². The molecule has 1 aliphatic rings. The molecule has 4 rings (SSSR count). The minimum Gasteiger partial charge on any atom is -0.299 e. The number of rotatable bonds is 3. The molecule has 7 heteroatoms. The number of aromatic nitrogens is 3. The van der Waals surface area contributed by atoms with Crippen LogP contribution >= 0.6 is 12.2 Å². The van der Waals surface area contributed by atoms with Gasteiger partial charge in [0.2, 0.25) is 0 Å². The van der Waals surface area contributed by atoms with Crippen molar-refractivity contribution in [2.24, 2.45) is 0 Å². The Kier molecular flexibility index (Phi) is 4.40. The third-order valence-corrected chi connectivity index (χ3v) is 5.22. The average Bonchev–Trinajstić information content (AvgIpc) is 3.15. The first-order valence-corrected chi connectivity index (χ1v) is 9.00. The minimum atomic E-state index is -2.78. The number of hydrogen-bond acceptors (Lipinski definition) is 3. The van der Waals surface area contributed by atoms with Gasteiger partial charge in [0.25, 0.3) is 12.0 Å².